The lowest BCUT2D eigenvalue weighted by Gasteiger charge is -2.15. The van der Waals surface area contributed by atoms with Gasteiger partial charge in [-0.15, -0.1) is 0 Å². The zero-order chi connectivity index (χ0) is 15.2. The molecule has 0 fully saturated rings. The van der Waals surface area contributed by atoms with E-state index >= 15 is 0 Å². The number of benzene rings is 1. The molecule has 1 atom stereocenters. The molecule has 1 aromatic heterocycles. The summed E-state index contributed by atoms with van der Waals surface area (Å²) >= 11 is 0. The number of pyridine rings is 1. The van der Waals surface area contributed by atoms with Crippen LogP contribution in [0.4, 0.5) is 0 Å². The number of aromatic nitrogens is 1. The molecule has 5 heteroatoms. The number of nitrogens with zero attached hydrogens (tertiary/aromatic N) is 1. The van der Waals surface area contributed by atoms with Crippen molar-refractivity contribution >= 4 is 0 Å². The second kappa shape index (κ2) is 6.95. The van der Waals surface area contributed by atoms with Crippen molar-refractivity contribution in [3.05, 3.63) is 47.8 Å². The Hall–Kier alpha value is -2.27. The first-order valence-electron chi connectivity index (χ1n) is 6.66. The van der Waals surface area contributed by atoms with E-state index in [0.717, 1.165) is 0 Å². The van der Waals surface area contributed by atoms with E-state index in [1.54, 1.807) is 50.9 Å². The van der Waals surface area contributed by atoms with Gasteiger partial charge in [-0.3, -0.25) is 4.98 Å². The molecule has 0 saturated heterocycles. The highest BCUT2D eigenvalue weighted by Crippen LogP contribution is 2.30. The Bertz CT molecular complexity index is 578. The van der Waals surface area contributed by atoms with Gasteiger partial charge < -0.3 is 19.3 Å². The fraction of sp³-hybridized carbons (Fsp3) is 0.312. The van der Waals surface area contributed by atoms with Crippen molar-refractivity contribution in [1.29, 1.82) is 0 Å². The van der Waals surface area contributed by atoms with Gasteiger partial charge in [-0.05, 0) is 30.7 Å². The van der Waals surface area contributed by atoms with Crippen LogP contribution in [0.5, 0.6) is 17.2 Å². The number of rotatable bonds is 6. The first-order valence-corrected chi connectivity index (χ1v) is 6.66. The quantitative estimate of drug-likeness (QED) is 0.885. The van der Waals surface area contributed by atoms with Crippen LogP contribution >= 0.6 is 0 Å². The van der Waals surface area contributed by atoms with E-state index < -0.39 is 6.10 Å². The minimum absolute atomic E-state index is 0.550. The average molecular weight is 289 g/mol. The maximum Gasteiger partial charge on any atom is 0.137 e. The van der Waals surface area contributed by atoms with Crippen LogP contribution in [0.15, 0.2) is 36.7 Å². The van der Waals surface area contributed by atoms with Crippen molar-refractivity contribution in [1.82, 2.24) is 4.98 Å². The molecule has 2 rings (SSSR count). The molecule has 1 unspecified atom stereocenters. The third kappa shape index (κ3) is 3.64. The highest BCUT2D eigenvalue weighted by atomic mass is 16.5. The minimum Gasteiger partial charge on any atom is -0.497 e. The summed E-state index contributed by atoms with van der Waals surface area (Å²) in [5.41, 5.74) is 1.32. The molecule has 0 aliphatic heterocycles. The Kier molecular flexibility index (Phi) is 5.00. The number of aliphatic hydroxyl groups is 1. The molecule has 2 aromatic rings. The van der Waals surface area contributed by atoms with E-state index in [9.17, 15) is 5.11 Å². The van der Waals surface area contributed by atoms with Crippen LogP contribution in [0.2, 0.25) is 0 Å². The highest BCUT2D eigenvalue weighted by Gasteiger charge is 2.14. The van der Waals surface area contributed by atoms with Gasteiger partial charge >= 0.3 is 0 Å². The Morgan fingerprint density at radius 3 is 2.14 bits per heavy atom. The van der Waals surface area contributed by atoms with Crippen molar-refractivity contribution in [3.63, 3.8) is 0 Å². The predicted molar refractivity (Wildman–Crippen MR) is 79.0 cm³/mol. The van der Waals surface area contributed by atoms with Gasteiger partial charge in [-0.25, -0.2) is 0 Å². The number of hydrogen-bond donors (Lipinski definition) is 1. The van der Waals surface area contributed by atoms with E-state index in [0.29, 0.717) is 35.0 Å². The topological polar surface area (TPSA) is 60.8 Å². The summed E-state index contributed by atoms with van der Waals surface area (Å²) in [5, 5.41) is 10.5. The van der Waals surface area contributed by atoms with Gasteiger partial charge in [0, 0.05) is 17.8 Å². The molecule has 0 radical (unpaired) electrons. The van der Waals surface area contributed by atoms with Gasteiger partial charge in [0.05, 0.1) is 27.0 Å². The van der Waals surface area contributed by atoms with Crippen molar-refractivity contribution in [2.75, 3.05) is 20.8 Å². The molecule has 0 amide bonds. The first kappa shape index (κ1) is 15.1. The Labute approximate surface area is 124 Å². The van der Waals surface area contributed by atoms with Crippen LogP contribution in [-0.4, -0.2) is 30.9 Å². The maximum absolute atomic E-state index is 10.5. The fourth-order valence-electron chi connectivity index (χ4n) is 2.01. The number of aliphatic hydroxyl groups excluding tert-OH is 1. The van der Waals surface area contributed by atoms with Crippen LogP contribution < -0.4 is 14.2 Å². The van der Waals surface area contributed by atoms with Crippen molar-refractivity contribution in [2.45, 2.75) is 13.0 Å². The lowest BCUT2D eigenvalue weighted by molar-refractivity contribution is 0.217. The van der Waals surface area contributed by atoms with Crippen LogP contribution in [0.1, 0.15) is 24.2 Å². The summed E-state index contributed by atoms with van der Waals surface area (Å²) in [7, 11) is 3.14. The van der Waals surface area contributed by atoms with E-state index in [1.807, 2.05) is 6.92 Å². The molecule has 5 nitrogen and oxygen atoms in total. The smallest absolute Gasteiger partial charge is 0.137 e. The highest BCUT2D eigenvalue weighted by molar-refractivity contribution is 5.42. The molecule has 21 heavy (non-hydrogen) atoms. The predicted octanol–water partition coefficient (Wildman–Crippen LogP) is 2.58. The standard InChI is InChI=1S/C16H19NO4/c1-4-21-15-7-12(9-17-10-15)16(18)11-5-13(19-2)8-14(6-11)20-3/h5-10,16,18H,4H2,1-3H3. The zero-order valence-corrected chi connectivity index (χ0v) is 12.4. The lowest BCUT2D eigenvalue weighted by Crippen LogP contribution is -2.03. The SMILES string of the molecule is CCOc1cncc(C(O)c2cc(OC)cc(OC)c2)c1. The van der Waals surface area contributed by atoms with Gasteiger partial charge in [0.1, 0.15) is 23.4 Å². The van der Waals surface area contributed by atoms with E-state index in [-0.39, 0.29) is 0 Å². The van der Waals surface area contributed by atoms with Gasteiger partial charge in [-0.1, -0.05) is 0 Å². The number of hydrogen-bond acceptors (Lipinski definition) is 5. The Morgan fingerprint density at radius 1 is 0.952 bits per heavy atom. The Balaban J connectivity index is 2.34. The molecule has 0 aliphatic carbocycles. The second-order valence-electron chi connectivity index (χ2n) is 4.44. The summed E-state index contributed by atoms with van der Waals surface area (Å²) in [6.07, 6.45) is 2.40. The van der Waals surface area contributed by atoms with Crippen LogP contribution in [0.3, 0.4) is 0 Å². The fourth-order valence-corrected chi connectivity index (χ4v) is 2.01. The van der Waals surface area contributed by atoms with Crippen LogP contribution in [-0.2, 0) is 0 Å². The van der Waals surface area contributed by atoms with Crippen LogP contribution in [0.25, 0.3) is 0 Å². The van der Waals surface area contributed by atoms with E-state index in [4.69, 9.17) is 14.2 Å². The summed E-state index contributed by atoms with van der Waals surface area (Å²) in [4.78, 5) is 4.09. The Morgan fingerprint density at radius 2 is 1.57 bits per heavy atom. The summed E-state index contributed by atoms with van der Waals surface area (Å²) in [6.45, 7) is 2.45. The monoisotopic (exact) mass is 289 g/mol. The zero-order valence-electron chi connectivity index (χ0n) is 12.4. The van der Waals surface area contributed by atoms with Crippen molar-refractivity contribution < 1.29 is 19.3 Å². The number of methoxy groups -OCH3 is 2. The molecule has 0 saturated carbocycles. The normalized spacial score (nSPS) is 11.8. The van der Waals surface area contributed by atoms with Gasteiger partial charge in [0.25, 0.3) is 0 Å². The van der Waals surface area contributed by atoms with Crippen molar-refractivity contribution in [2.24, 2.45) is 0 Å². The van der Waals surface area contributed by atoms with E-state index in [2.05, 4.69) is 4.98 Å². The molecule has 112 valence electrons. The molecule has 1 N–H and O–H groups in total. The summed E-state index contributed by atoms with van der Waals surface area (Å²) < 4.78 is 15.8. The molecule has 0 spiro atoms. The van der Waals surface area contributed by atoms with Crippen LogP contribution in [0, 0.1) is 0 Å². The molecule has 1 heterocycles. The van der Waals surface area contributed by atoms with Gasteiger partial charge in [-0.2, -0.15) is 0 Å². The maximum atomic E-state index is 10.5. The molecule has 1 aromatic carbocycles. The molecular weight excluding hydrogens is 270 g/mol. The van der Waals surface area contributed by atoms with E-state index in [1.165, 1.54) is 0 Å². The second-order valence-corrected chi connectivity index (χ2v) is 4.44. The average Bonchev–Trinajstić information content (AvgIpc) is 2.54. The van der Waals surface area contributed by atoms with Gasteiger partial charge in [0.15, 0.2) is 0 Å². The third-order valence-electron chi connectivity index (χ3n) is 3.05. The van der Waals surface area contributed by atoms with Gasteiger partial charge in [0.2, 0.25) is 0 Å². The molecule has 0 bridgehead atoms. The number of ether oxygens (including phenoxy) is 3. The summed E-state index contributed by atoms with van der Waals surface area (Å²) in [5.74, 6) is 1.87. The first-order chi connectivity index (χ1) is 10.2. The molecule has 0 aliphatic rings. The third-order valence-corrected chi connectivity index (χ3v) is 3.05. The largest absolute Gasteiger partial charge is 0.497 e. The summed E-state index contributed by atoms with van der Waals surface area (Å²) in [6, 6.07) is 7.05. The van der Waals surface area contributed by atoms with Crippen molar-refractivity contribution in [3.8, 4) is 17.2 Å². The molecular formula is C16H19NO4. The lowest BCUT2D eigenvalue weighted by atomic mass is 10.0. The minimum atomic E-state index is -0.832.